The van der Waals surface area contributed by atoms with Gasteiger partial charge >= 0.3 is 0 Å². The van der Waals surface area contributed by atoms with Crippen molar-refractivity contribution in [1.29, 1.82) is 0 Å². The van der Waals surface area contributed by atoms with Gasteiger partial charge in [0.15, 0.2) is 11.5 Å². The number of hydrogen-bond acceptors (Lipinski definition) is 4. The van der Waals surface area contributed by atoms with Gasteiger partial charge in [0.1, 0.15) is 5.78 Å². The molecule has 0 unspecified atom stereocenters. The van der Waals surface area contributed by atoms with Crippen LogP contribution in [0.3, 0.4) is 0 Å². The molecule has 134 valence electrons. The number of Topliss-reactive ketones (excluding diaryl/α,β-unsaturated/α-hetero) is 1. The molecule has 1 heterocycles. The highest BCUT2D eigenvalue weighted by Crippen LogP contribution is 2.49. The summed E-state index contributed by atoms with van der Waals surface area (Å²) in [4.78, 5) is 17.4. The number of nitrogens with zero attached hydrogens (tertiary/aromatic N) is 1. The molecule has 0 saturated heterocycles. The lowest BCUT2D eigenvalue weighted by atomic mass is 9.84. The molecule has 2 aliphatic carbocycles. The van der Waals surface area contributed by atoms with Gasteiger partial charge in [-0.25, -0.2) is 0 Å². The van der Waals surface area contributed by atoms with E-state index < -0.39 is 0 Å². The summed E-state index contributed by atoms with van der Waals surface area (Å²) in [7, 11) is 3.30. The Balaban J connectivity index is 1.48. The standard InChI is InChI=1S/C21H27NO3/c1-24-20-10-15-5-6-22-19(18(15)12-21(20)25-2)11-17(23)9-16-8-13-3-4-14(16)7-13/h10,12-14,16H,3-9,11H2,1-2H3/t13-,14+,16-/m0/s1. The smallest absolute Gasteiger partial charge is 0.161 e. The van der Waals surface area contributed by atoms with Crippen molar-refractivity contribution in [3.63, 3.8) is 0 Å². The number of rotatable bonds is 6. The van der Waals surface area contributed by atoms with E-state index in [1.54, 1.807) is 14.2 Å². The first kappa shape index (κ1) is 16.6. The van der Waals surface area contributed by atoms with Crippen molar-refractivity contribution in [1.82, 2.24) is 0 Å². The zero-order valence-electron chi connectivity index (χ0n) is 15.2. The molecule has 2 saturated carbocycles. The van der Waals surface area contributed by atoms with Gasteiger partial charge < -0.3 is 9.47 Å². The number of fused-ring (bicyclic) bond motifs is 3. The van der Waals surface area contributed by atoms with E-state index in [4.69, 9.17) is 9.47 Å². The molecule has 1 aromatic carbocycles. The first-order valence-electron chi connectivity index (χ1n) is 9.48. The highest BCUT2D eigenvalue weighted by Gasteiger charge is 2.40. The van der Waals surface area contributed by atoms with Crippen LogP contribution in [0.2, 0.25) is 0 Å². The molecule has 1 aromatic rings. The lowest BCUT2D eigenvalue weighted by molar-refractivity contribution is -0.119. The highest BCUT2D eigenvalue weighted by atomic mass is 16.5. The second kappa shape index (κ2) is 6.81. The van der Waals surface area contributed by atoms with Crippen molar-refractivity contribution in [3.8, 4) is 11.5 Å². The minimum atomic E-state index is 0.346. The quantitative estimate of drug-likeness (QED) is 0.790. The third-order valence-electron chi connectivity index (χ3n) is 6.34. The lowest BCUT2D eigenvalue weighted by Crippen LogP contribution is -2.20. The molecule has 0 amide bonds. The number of ketones is 1. The SMILES string of the molecule is COc1cc2c(cc1OC)C(CC(=O)C[C@@H]1C[C@H]3CC[C@@H]1C3)=NCC2. The second-order valence-corrected chi connectivity index (χ2v) is 7.80. The molecule has 4 rings (SSSR count). The third kappa shape index (κ3) is 3.19. The number of carbonyl (C=O) groups excluding carboxylic acids is 1. The average molecular weight is 341 g/mol. The van der Waals surface area contributed by atoms with E-state index in [1.807, 2.05) is 12.1 Å². The molecule has 0 radical (unpaired) electrons. The molecular formula is C21H27NO3. The van der Waals surface area contributed by atoms with Crippen molar-refractivity contribution < 1.29 is 14.3 Å². The molecule has 4 heteroatoms. The Kier molecular flexibility index (Phi) is 4.53. The molecule has 2 fully saturated rings. The monoisotopic (exact) mass is 341 g/mol. The molecule has 0 spiro atoms. The van der Waals surface area contributed by atoms with Crippen LogP contribution in [0, 0.1) is 17.8 Å². The van der Waals surface area contributed by atoms with Crippen LogP contribution in [0.15, 0.2) is 17.1 Å². The van der Waals surface area contributed by atoms with Crippen LogP contribution < -0.4 is 9.47 Å². The zero-order valence-corrected chi connectivity index (χ0v) is 15.2. The first-order valence-corrected chi connectivity index (χ1v) is 9.48. The molecule has 0 aromatic heterocycles. The fourth-order valence-corrected chi connectivity index (χ4v) is 5.12. The van der Waals surface area contributed by atoms with Crippen molar-refractivity contribution in [2.45, 2.75) is 44.9 Å². The summed E-state index contributed by atoms with van der Waals surface area (Å²) in [6.45, 7) is 0.749. The minimum Gasteiger partial charge on any atom is -0.493 e. The molecule has 2 bridgehead atoms. The van der Waals surface area contributed by atoms with Gasteiger partial charge in [0.25, 0.3) is 0 Å². The number of aliphatic imine (C=N–C) groups is 1. The maximum Gasteiger partial charge on any atom is 0.161 e. The van der Waals surface area contributed by atoms with E-state index in [0.717, 1.165) is 48.2 Å². The Morgan fingerprint density at radius 2 is 1.96 bits per heavy atom. The fourth-order valence-electron chi connectivity index (χ4n) is 5.12. The average Bonchev–Trinajstić information content (AvgIpc) is 3.23. The summed E-state index contributed by atoms with van der Waals surface area (Å²) in [6.07, 6.45) is 7.43. The van der Waals surface area contributed by atoms with Gasteiger partial charge in [-0.1, -0.05) is 6.42 Å². The van der Waals surface area contributed by atoms with Crippen LogP contribution in [-0.4, -0.2) is 32.3 Å². The van der Waals surface area contributed by atoms with Gasteiger partial charge in [-0.05, 0) is 61.1 Å². The van der Waals surface area contributed by atoms with Crippen LogP contribution >= 0.6 is 0 Å². The van der Waals surface area contributed by atoms with Crippen LogP contribution in [0.4, 0.5) is 0 Å². The van der Waals surface area contributed by atoms with Gasteiger partial charge in [0.2, 0.25) is 0 Å². The van der Waals surface area contributed by atoms with Crippen LogP contribution in [0.1, 0.15) is 49.7 Å². The first-order chi connectivity index (χ1) is 12.2. The van der Waals surface area contributed by atoms with E-state index in [1.165, 1.54) is 31.2 Å². The molecule has 1 aliphatic heterocycles. The maximum absolute atomic E-state index is 12.7. The summed E-state index contributed by atoms with van der Waals surface area (Å²) < 4.78 is 10.8. The van der Waals surface area contributed by atoms with E-state index in [0.29, 0.717) is 23.9 Å². The predicted octanol–water partition coefficient (Wildman–Crippen LogP) is 3.83. The van der Waals surface area contributed by atoms with Crippen molar-refractivity contribution in [2.24, 2.45) is 22.7 Å². The summed E-state index contributed by atoms with van der Waals surface area (Å²) in [5.41, 5.74) is 3.19. The van der Waals surface area contributed by atoms with Gasteiger partial charge in [-0.3, -0.25) is 9.79 Å². The van der Waals surface area contributed by atoms with Gasteiger partial charge in [0, 0.05) is 30.7 Å². The predicted molar refractivity (Wildman–Crippen MR) is 97.8 cm³/mol. The Morgan fingerprint density at radius 1 is 1.16 bits per heavy atom. The highest BCUT2D eigenvalue weighted by molar-refractivity contribution is 6.12. The summed E-state index contributed by atoms with van der Waals surface area (Å²) in [6, 6.07) is 4.01. The zero-order chi connectivity index (χ0) is 17.4. The number of carbonyl (C=O) groups is 1. The van der Waals surface area contributed by atoms with Crippen molar-refractivity contribution in [2.75, 3.05) is 20.8 Å². The Labute approximate surface area is 149 Å². The van der Waals surface area contributed by atoms with E-state index in [-0.39, 0.29) is 0 Å². The van der Waals surface area contributed by atoms with Gasteiger partial charge in [-0.2, -0.15) is 0 Å². The van der Waals surface area contributed by atoms with Crippen LogP contribution in [-0.2, 0) is 11.2 Å². The van der Waals surface area contributed by atoms with E-state index >= 15 is 0 Å². The van der Waals surface area contributed by atoms with E-state index in [2.05, 4.69) is 4.99 Å². The lowest BCUT2D eigenvalue weighted by Gasteiger charge is -2.22. The summed E-state index contributed by atoms with van der Waals surface area (Å²) in [5, 5.41) is 0. The van der Waals surface area contributed by atoms with Crippen LogP contribution in [0.5, 0.6) is 11.5 Å². The Hall–Kier alpha value is -1.84. The molecule has 0 N–H and O–H groups in total. The topological polar surface area (TPSA) is 47.9 Å². The molecule has 4 nitrogen and oxygen atoms in total. The number of hydrogen-bond donors (Lipinski definition) is 0. The largest absolute Gasteiger partial charge is 0.493 e. The van der Waals surface area contributed by atoms with Gasteiger partial charge in [-0.15, -0.1) is 0 Å². The molecule has 3 atom stereocenters. The maximum atomic E-state index is 12.7. The fraction of sp³-hybridized carbons (Fsp3) is 0.619. The van der Waals surface area contributed by atoms with Crippen molar-refractivity contribution >= 4 is 11.5 Å². The number of benzene rings is 1. The molecule has 3 aliphatic rings. The Bertz CT molecular complexity index is 709. The second-order valence-electron chi connectivity index (χ2n) is 7.80. The summed E-state index contributed by atoms with van der Waals surface area (Å²) in [5.74, 6) is 4.12. The summed E-state index contributed by atoms with van der Waals surface area (Å²) >= 11 is 0. The van der Waals surface area contributed by atoms with Gasteiger partial charge in [0.05, 0.1) is 14.2 Å². The van der Waals surface area contributed by atoms with Crippen LogP contribution in [0.25, 0.3) is 0 Å². The normalized spacial score (nSPS) is 27.0. The number of ether oxygens (including phenoxy) is 2. The Morgan fingerprint density at radius 3 is 2.64 bits per heavy atom. The third-order valence-corrected chi connectivity index (χ3v) is 6.34. The van der Waals surface area contributed by atoms with E-state index in [9.17, 15) is 4.79 Å². The molecule has 25 heavy (non-hydrogen) atoms. The van der Waals surface area contributed by atoms with Crippen molar-refractivity contribution in [3.05, 3.63) is 23.3 Å². The molecular weight excluding hydrogens is 314 g/mol. The number of methoxy groups -OCH3 is 2. The minimum absolute atomic E-state index is 0.346.